The molecule has 0 aliphatic rings. The van der Waals surface area contributed by atoms with Gasteiger partial charge < -0.3 is 0 Å². The molecule has 0 fully saturated rings. The van der Waals surface area contributed by atoms with Gasteiger partial charge in [0.25, 0.3) is 0 Å². The van der Waals surface area contributed by atoms with Crippen molar-refractivity contribution in [1.29, 1.82) is 0 Å². The molecule has 1 unspecified atom stereocenters. The average molecular weight is 152 g/mol. The van der Waals surface area contributed by atoms with Gasteiger partial charge in [-0.3, -0.25) is 0 Å². The topological polar surface area (TPSA) is 0 Å². The molecular weight excluding hydrogens is 132 g/mol. The summed E-state index contributed by atoms with van der Waals surface area (Å²) in [7, 11) is 0. The molecule has 0 aromatic heterocycles. The summed E-state index contributed by atoms with van der Waals surface area (Å²) in [4.78, 5) is 0. The van der Waals surface area contributed by atoms with E-state index in [1.165, 1.54) is 6.42 Å². The van der Waals surface area contributed by atoms with E-state index in [9.17, 15) is 0 Å². The maximum absolute atomic E-state index is 3.81. The van der Waals surface area contributed by atoms with E-state index in [4.69, 9.17) is 0 Å². The van der Waals surface area contributed by atoms with Crippen molar-refractivity contribution < 1.29 is 0 Å². The smallest absolute Gasteiger partial charge is 0.0319 e. The maximum atomic E-state index is 3.81. The van der Waals surface area contributed by atoms with Crippen molar-refractivity contribution in [3.63, 3.8) is 0 Å². The van der Waals surface area contributed by atoms with Crippen molar-refractivity contribution in [2.45, 2.75) is 34.1 Å². The zero-order valence-corrected chi connectivity index (χ0v) is 8.22. The Morgan fingerprint density at radius 2 is 1.91 bits per heavy atom. The molecule has 64 valence electrons. The zero-order valence-electron chi connectivity index (χ0n) is 8.22. The van der Waals surface area contributed by atoms with Crippen LogP contribution in [-0.4, -0.2) is 0 Å². The Balaban J connectivity index is 3.61. The molecule has 0 spiro atoms. The van der Waals surface area contributed by atoms with Crippen molar-refractivity contribution >= 4 is 0 Å². The second-order valence-corrected chi connectivity index (χ2v) is 3.71. The molecular formula is C11H20. The van der Waals surface area contributed by atoms with Gasteiger partial charge in [-0.1, -0.05) is 45.1 Å². The third-order valence-corrected chi connectivity index (χ3v) is 2.05. The maximum Gasteiger partial charge on any atom is -0.0319 e. The monoisotopic (exact) mass is 152 g/mol. The fourth-order valence-electron chi connectivity index (χ4n) is 0.756. The predicted octanol–water partition coefficient (Wildman–Crippen LogP) is 3.80. The Kier molecular flexibility index (Phi) is 4.93. The highest BCUT2D eigenvalue weighted by molar-refractivity contribution is 5.10. The van der Waals surface area contributed by atoms with Crippen LogP contribution >= 0.6 is 0 Å². The van der Waals surface area contributed by atoms with Crippen LogP contribution in [0.25, 0.3) is 0 Å². The van der Waals surface area contributed by atoms with Gasteiger partial charge in [-0.25, -0.2) is 0 Å². The molecule has 0 rings (SSSR count). The molecule has 0 aromatic rings. The lowest BCUT2D eigenvalue weighted by molar-refractivity contribution is 0.424. The Morgan fingerprint density at radius 3 is 2.27 bits per heavy atom. The molecule has 0 saturated heterocycles. The van der Waals surface area contributed by atoms with Crippen LogP contribution in [0.15, 0.2) is 24.3 Å². The lowest BCUT2D eigenvalue weighted by Gasteiger charge is -2.11. The summed E-state index contributed by atoms with van der Waals surface area (Å²) in [5.74, 6) is 1.57. The molecule has 0 heterocycles. The molecule has 0 amide bonds. The van der Waals surface area contributed by atoms with Gasteiger partial charge >= 0.3 is 0 Å². The second kappa shape index (κ2) is 5.17. The molecule has 0 radical (unpaired) electrons. The van der Waals surface area contributed by atoms with E-state index in [1.54, 1.807) is 0 Å². The fraction of sp³-hybridized carbons (Fsp3) is 0.636. The lowest BCUT2D eigenvalue weighted by atomic mass is 9.94. The first-order valence-electron chi connectivity index (χ1n) is 4.36. The van der Waals surface area contributed by atoms with Gasteiger partial charge in [-0.2, -0.15) is 0 Å². The fourth-order valence-corrected chi connectivity index (χ4v) is 0.756. The van der Waals surface area contributed by atoms with Crippen molar-refractivity contribution in [2.24, 2.45) is 11.8 Å². The number of allylic oxidation sites excluding steroid dienone is 3. The molecule has 0 nitrogen and oxygen atoms in total. The Hall–Kier alpha value is -0.520. The molecule has 11 heavy (non-hydrogen) atoms. The van der Waals surface area contributed by atoms with Crippen molar-refractivity contribution in [3.8, 4) is 0 Å². The van der Waals surface area contributed by atoms with Crippen LogP contribution in [0.2, 0.25) is 0 Å². The van der Waals surface area contributed by atoms with E-state index >= 15 is 0 Å². The van der Waals surface area contributed by atoms with E-state index in [1.807, 2.05) is 6.92 Å². The highest BCUT2D eigenvalue weighted by atomic mass is 14.1. The average Bonchev–Trinajstić information content (AvgIpc) is 1.86. The molecule has 0 N–H and O–H groups in total. The normalized spacial score (nSPS) is 14.3. The van der Waals surface area contributed by atoms with Crippen molar-refractivity contribution in [1.82, 2.24) is 0 Å². The standard InChI is InChI=1S/C11H20/c1-9(2)7-6-8-11(5)10(3)4/h6-7,10-11H,1,8H2,2-5H3. The quantitative estimate of drug-likeness (QED) is 0.537. The SMILES string of the molecule is C=C(C)C=CCC(C)C(C)C. The van der Waals surface area contributed by atoms with Gasteiger partial charge in [0.2, 0.25) is 0 Å². The number of hydrogen-bond acceptors (Lipinski definition) is 0. The summed E-state index contributed by atoms with van der Waals surface area (Å²) in [6.07, 6.45) is 5.48. The van der Waals surface area contributed by atoms with Crippen LogP contribution in [0.1, 0.15) is 34.1 Å². The summed E-state index contributed by atoms with van der Waals surface area (Å²) in [5, 5.41) is 0. The van der Waals surface area contributed by atoms with Crippen LogP contribution in [0.5, 0.6) is 0 Å². The first-order chi connectivity index (χ1) is 5.04. The van der Waals surface area contributed by atoms with Crippen molar-refractivity contribution in [2.75, 3.05) is 0 Å². The molecule has 0 heteroatoms. The minimum Gasteiger partial charge on any atom is -0.0961 e. The Labute approximate surface area is 71.0 Å². The van der Waals surface area contributed by atoms with Gasteiger partial charge in [-0.15, -0.1) is 0 Å². The van der Waals surface area contributed by atoms with E-state index in [2.05, 4.69) is 39.5 Å². The predicted molar refractivity (Wildman–Crippen MR) is 52.6 cm³/mol. The van der Waals surface area contributed by atoms with E-state index in [0.29, 0.717) is 0 Å². The highest BCUT2D eigenvalue weighted by Crippen LogP contribution is 2.14. The zero-order chi connectivity index (χ0) is 8.85. The molecule has 0 saturated carbocycles. The van der Waals surface area contributed by atoms with Crippen LogP contribution in [-0.2, 0) is 0 Å². The number of hydrogen-bond donors (Lipinski definition) is 0. The molecule has 0 aliphatic heterocycles. The van der Waals surface area contributed by atoms with Gasteiger partial charge in [0, 0.05) is 0 Å². The van der Waals surface area contributed by atoms with Crippen LogP contribution in [0.3, 0.4) is 0 Å². The first-order valence-corrected chi connectivity index (χ1v) is 4.36. The van der Waals surface area contributed by atoms with Crippen LogP contribution in [0, 0.1) is 11.8 Å². The minimum absolute atomic E-state index is 0.782. The first kappa shape index (κ1) is 10.5. The molecule has 0 aliphatic carbocycles. The third kappa shape index (κ3) is 5.90. The van der Waals surface area contributed by atoms with Gasteiger partial charge in [-0.05, 0) is 25.2 Å². The Morgan fingerprint density at radius 1 is 1.36 bits per heavy atom. The van der Waals surface area contributed by atoms with E-state index in [0.717, 1.165) is 17.4 Å². The summed E-state index contributed by atoms with van der Waals surface area (Å²) >= 11 is 0. The summed E-state index contributed by atoms with van der Waals surface area (Å²) in [6.45, 7) is 12.6. The van der Waals surface area contributed by atoms with Crippen molar-refractivity contribution in [3.05, 3.63) is 24.3 Å². The van der Waals surface area contributed by atoms with Gasteiger partial charge in [0.05, 0.1) is 0 Å². The molecule has 0 aromatic carbocycles. The Bertz CT molecular complexity index is 140. The van der Waals surface area contributed by atoms with Crippen LogP contribution < -0.4 is 0 Å². The summed E-state index contributed by atoms with van der Waals surface area (Å²) in [6, 6.07) is 0. The summed E-state index contributed by atoms with van der Waals surface area (Å²) in [5.41, 5.74) is 1.14. The van der Waals surface area contributed by atoms with E-state index < -0.39 is 0 Å². The molecule has 0 bridgehead atoms. The largest absolute Gasteiger partial charge is 0.0961 e. The van der Waals surface area contributed by atoms with Gasteiger partial charge in [0.15, 0.2) is 0 Å². The number of rotatable bonds is 4. The third-order valence-electron chi connectivity index (χ3n) is 2.05. The highest BCUT2D eigenvalue weighted by Gasteiger charge is 2.03. The lowest BCUT2D eigenvalue weighted by Crippen LogP contribution is -2.01. The van der Waals surface area contributed by atoms with Gasteiger partial charge in [0.1, 0.15) is 0 Å². The van der Waals surface area contributed by atoms with E-state index in [-0.39, 0.29) is 0 Å². The summed E-state index contributed by atoms with van der Waals surface area (Å²) < 4.78 is 0. The minimum atomic E-state index is 0.782. The molecule has 1 atom stereocenters. The van der Waals surface area contributed by atoms with Crippen LogP contribution in [0.4, 0.5) is 0 Å². The second-order valence-electron chi connectivity index (χ2n) is 3.71.